The van der Waals surface area contributed by atoms with E-state index in [4.69, 9.17) is 0 Å². The van der Waals surface area contributed by atoms with Gasteiger partial charge < -0.3 is 15.3 Å². The van der Waals surface area contributed by atoms with E-state index in [1.165, 1.54) is 0 Å². The molecule has 3 N–H and O–H groups in total. The molecule has 0 aromatic carbocycles. The van der Waals surface area contributed by atoms with E-state index in [1.807, 2.05) is 25.2 Å². The van der Waals surface area contributed by atoms with Crippen molar-refractivity contribution >= 4 is 0 Å². The molecule has 0 aromatic heterocycles. The Hall–Kier alpha value is -1.32. The first kappa shape index (κ1) is 28.9. The monoisotopic (exact) mass is 498 g/mol. The SMILES string of the molecule is C=C1/C(=C\C=C\[C@@H]2CC[C@](C)(CCCCC(O)(C(F)(F)F)C(F)(F)F)C2(C)C)C[C@@H](O)C[C@@H]1O. The number of halogens is 6. The van der Waals surface area contributed by atoms with Gasteiger partial charge in [0.05, 0.1) is 12.2 Å². The maximum atomic E-state index is 12.9. The minimum atomic E-state index is -5.78. The molecule has 0 amide bonds. The van der Waals surface area contributed by atoms with Gasteiger partial charge in [-0.1, -0.05) is 52.0 Å². The number of rotatable bonds is 7. The first-order chi connectivity index (χ1) is 15.4. The molecule has 2 aliphatic carbocycles. The van der Waals surface area contributed by atoms with Gasteiger partial charge in [-0.15, -0.1) is 0 Å². The molecular formula is C25H36F6O3. The molecule has 0 aromatic rings. The van der Waals surface area contributed by atoms with Crippen molar-refractivity contribution in [3.8, 4) is 0 Å². The molecule has 0 heterocycles. The molecule has 34 heavy (non-hydrogen) atoms. The van der Waals surface area contributed by atoms with E-state index in [0.29, 0.717) is 18.4 Å². The lowest BCUT2D eigenvalue weighted by atomic mass is 9.63. The number of hydrogen-bond acceptors (Lipinski definition) is 3. The van der Waals surface area contributed by atoms with E-state index in [9.17, 15) is 41.7 Å². The van der Waals surface area contributed by atoms with Crippen LogP contribution >= 0.6 is 0 Å². The summed E-state index contributed by atoms with van der Waals surface area (Å²) in [7, 11) is 0. The Bertz CT molecular complexity index is 781. The fourth-order valence-corrected chi connectivity index (χ4v) is 5.29. The molecule has 0 bridgehead atoms. The molecule has 0 aliphatic heterocycles. The van der Waals surface area contributed by atoms with Crippen LogP contribution in [-0.2, 0) is 0 Å². The smallest absolute Gasteiger partial charge is 0.393 e. The summed E-state index contributed by atoms with van der Waals surface area (Å²) in [5.41, 5.74) is -3.86. The summed E-state index contributed by atoms with van der Waals surface area (Å²) in [6.07, 6.45) is -6.15. The zero-order chi connectivity index (χ0) is 26.2. The lowest BCUT2D eigenvalue weighted by Crippen LogP contribution is -2.56. The third kappa shape index (κ3) is 5.73. The Morgan fingerprint density at radius 3 is 2.18 bits per heavy atom. The van der Waals surface area contributed by atoms with Crippen LogP contribution in [0.3, 0.4) is 0 Å². The number of aliphatic hydroxyl groups excluding tert-OH is 2. The molecule has 2 aliphatic rings. The van der Waals surface area contributed by atoms with Crippen molar-refractivity contribution in [3.05, 3.63) is 36.0 Å². The second-order valence-electron chi connectivity index (χ2n) is 10.7. The summed E-state index contributed by atoms with van der Waals surface area (Å²) in [6.45, 7) is 9.99. The van der Waals surface area contributed by atoms with E-state index in [-0.39, 0.29) is 36.0 Å². The van der Waals surface area contributed by atoms with Crippen molar-refractivity contribution < 1.29 is 41.7 Å². The molecule has 0 saturated heterocycles. The molecule has 3 nitrogen and oxygen atoms in total. The molecular weight excluding hydrogens is 462 g/mol. The maximum Gasteiger partial charge on any atom is 0.426 e. The third-order valence-electron chi connectivity index (χ3n) is 8.35. The van der Waals surface area contributed by atoms with E-state index in [2.05, 4.69) is 20.4 Å². The summed E-state index contributed by atoms with van der Waals surface area (Å²) in [4.78, 5) is 0. The lowest BCUT2D eigenvalue weighted by Gasteiger charge is -2.42. The average molecular weight is 499 g/mol. The Balaban J connectivity index is 2.00. The maximum absolute atomic E-state index is 12.9. The van der Waals surface area contributed by atoms with Gasteiger partial charge in [0.25, 0.3) is 5.60 Å². The Labute approximate surface area is 197 Å². The molecule has 2 fully saturated rings. The molecule has 196 valence electrons. The van der Waals surface area contributed by atoms with E-state index >= 15 is 0 Å². The van der Waals surface area contributed by atoms with Crippen molar-refractivity contribution in [1.82, 2.24) is 0 Å². The van der Waals surface area contributed by atoms with Gasteiger partial charge in [0.15, 0.2) is 0 Å². The molecule has 0 unspecified atom stereocenters. The quantitative estimate of drug-likeness (QED) is 0.281. The fourth-order valence-electron chi connectivity index (χ4n) is 5.29. The van der Waals surface area contributed by atoms with Crippen molar-refractivity contribution in [3.63, 3.8) is 0 Å². The van der Waals surface area contributed by atoms with Crippen LogP contribution in [0.4, 0.5) is 26.3 Å². The highest BCUT2D eigenvalue weighted by atomic mass is 19.4. The van der Waals surface area contributed by atoms with Gasteiger partial charge >= 0.3 is 12.4 Å². The number of aliphatic hydroxyl groups is 3. The number of unbranched alkanes of at least 4 members (excludes halogenated alkanes) is 1. The minimum Gasteiger partial charge on any atom is -0.393 e. The predicted molar refractivity (Wildman–Crippen MR) is 118 cm³/mol. The van der Waals surface area contributed by atoms with Crippen LogP contribution in [0.25, 0.3) is 0 Å². The summed E-state index contributed by atoms with van der Waals surface area (Å²) >= 11 is 0. The zero-order valence-corrected chi connectivity index (χ0v) is 19.9. The Kier molecular flexibility index (Phi) is 8.48. The summed E-state index contributed by atoms with van der Waals surface area (Å²) in [5, 5.41) is 29.2. The van der Waals surface area contributed by atoms with Gasteiger partial charge in [-0.2, -0.15) is 26.3 Å². The van der Waals surface area contributed by atoms with Crippen LogP contribution in [-0.4, -0.2) is 45.5 Å². The fraction of sp³-hybridized carbons (Fsp3) is 0.760. The first-order valence-electron chi connectivity index (χ1n) is 11.6. The normalized spacial score (nSPS) is 32.2. The van der Waals surface area contributed by atoms with E-state index in [0.717, 1.165) is 18.4 Å². The average Bonchev–Trinajstić information content (AvgIpc) is 2.90. The summed E-state index contributed by atoms with van der Waals surface area (Å²) < 4.78 is 77.3. The lowest BCUT2D eigenvalue weighted by molar-refractivity contribution is -0.370. The van der Waals surface area contributed by atoms with Crippen LogP contribution in [0, 0.1) is 16.7 Å². The molecule has 0 radical (unpaired) electrons. The second kappa shape index (κ2) is 9.97. The molecule has 0 spiro atoms. The predicted octanol–water partition coefficient (Wildman–Crippen LogP) is 6.40. The highest BCUT2D eigenvalue weighted by Crippen LogP contribution is 2.59. The number of alkyl halides is 6. The van der Waals surface area contributed by atoms with Crippen LogP contribution in [0.5, 0.6) is 0 Å². The minimum absolute atomic E-state index is 0.142. The Morgan fingerprint density at radius 2 is 1.62 bits per heavy atom. The van der Waals surface area contributed by atoms with Crippen molar-refractivity contribution in [1.29, 1.82) is 0 Å². The standard InChI is InChI=1S/C25H36F6O3/c1-16-17(14-19(32)15-20(16)33)8-7-9-18-10-13-22(4,21(18,2)3)11-5-6-12-23(34,24(26,27)28)25(29,30)31/h7-9,18-20,32-34H,1,5-6,10-15H2,2-4H3/b9-7+,17-8-/t18-,19-,20+,22+/m1/s1. The van der Waals surface area contributed by atoms with Crippen LogP contribution in [0.15, 0.2) is 36.0 Å². The third-order valence-corrected chi connectivity index (χ3v) is 8.35. The molecule has 4 atom stereocenters. The van der Waals surface area contributed by atoms with Gasteiger partial charge in [-0.3, -0.25) is 0 Å². The van der Waals surface area contributed by atoms with Crippen LogP contribution in [0.2, 0.25) is 0 Å². The van der Waals surface area contributed by atoms with Crippen LogP contribution < -0.4 is 0 Å². The largest absolute Gasteiger partial charge is 0.426 e. The number of hydrogen-bond donors (Lipinski definition) is 3. The van der Waals surface area contributed by atoms with Crippen molar-refractivity contribution in [2.24, 2.45) is 16.7 Å². The Morgan fingerprint density at radius 1 is 1.03 bits per heavy atom. The van der Waals surface area contributed by atoms with E-state index in [1.54, 1.807) is 0 Å². The highest BCUT2D eigenvalue weighted by molar-refractivity contribution is 5.37. The van der Waals surface area contributed by atoms with Gasteiger partial charge in [0.2, 0.25) is 0 Å². The van der Waals surface area contributed by atoms with Crippen LogP contribution in [0.1, 0.15) is 72.1 Å². The molecule has 2 rings (SSSR count). The molecule has 9 heteroatoms. The van der Waals surface area contributed by atoms with E-state index < -0.39 is 36.6 Å². The van der Waals surface area contributed by atoms with Crippen molar-refractivity contribution in [2.75, 3.05) is 0 Å². The van der Waals surface area contributed by atoms with Gasteiger partial charge in [0.1, 0.15) is 0 Å². The first-order valence-corrected chi connectivity index (χ1v) is 11.6. The zero-order valence-electron chi connectivity index (χ0n) is 19.9. The summed E-state index contributed by atoms with van der Waals surface area (Å²) in [5.74, 6) is 0.142. The van der Waals surface area contributed by atoms with Gasteiger partial charge in [-0.05, 0) is 66.4 Å². The van der Waals surface area contributed by atoms with Gasteiger partial charge in [0, 0.05) is 6.42 Å². The second-order valence-corrected chi connectivity index (χ2v) is 10.7. The topological polar surface area (TPSA) is 60.7 Å². The van der Waals surface area contributed by atoms with Crippen molar-refractivity contribution in [2.45, 2.75) is 102 Å². The highest BCUT2D eigenvalue weighted by Gasteiger charge is 2.69. The summed E-state index contributed by atoms with van der Waals surface area (Å²) in [6, 6.07) is 0. The molecule has 2 saturated carbocycles. The van der Waals surface area contributed by atoms with Gasteiger partial charge in [-0.25, -0.2) is 0 Å². The number of allylic oxidation sites excluding steroid dienone is 3.